The lowest BCUT2D eigenvalue weighted by Gasteiger charge is -2.41. The summed E-state index contributed by atoms with van der Waals surface area (Å²) in [5.74, 6) is -0.529. The number of β-amino-alcohol motifs (C(OH)–C–C–N with tert-alkyl or cyclic N) is 1. The predicted octanol–water partition coefficient (Wildman–Crippen LogP) is -0.0263. The van der Waals surface area contributed by atoms with Gasteiger partial charge in [-0.15, -0.1) is 0 Å². The maximum atomic E-state index is 12.7. The van der Waals surface area contributed by atoms with E-state index in [0.29, 0.717) is 26.3 Å². The van der Waals surface area contributed by atoms with Crippen LogP contribution in [0.1, 0.15) is 19.8 Å². The van der Waals surface area contributed by atoms with Crippen molar-refractivity contribution in [3.63, 3.8) is 0 Å². The molecule has 0 aromatic heterocycles. The first kappa shape index (κ1) is 15.0. The summed E-state index contributed by atoms with van der Waals surface area (Å²) in [7, 11) is 0. The molecule has 2 saturated heterocycles. The van der Waals surface area contributed by atoms with Gasteiger partial charge in [0.2, 0.25) is 0 Å². The summed E-state index contributed by atoms with van der Waals surface area (Å²) < 4.78 is 38.0. The van der Waals surface area contributed by atoms with Crippen molar-refractivity contribution in [3.05, 3.63) is 0 Å². The number of carbonyl (C=O) groups is 2. The molecule has 114 valence electrons. The van der Waals surface area contributed by atoms with Crippen LogP contribution in [-0.2, 0) is 4.79 Å². The average Bonchev–Trinajstić information content (AvgIpc) is 2.51. The molecule has 9 heteroatoms. The molecule has 3 N–H and O–H groups in total. The van der Waals surface area contributed by atoms with Gasteiger partial charge < -0.3 is 10.4 Å². The first-order valence-corrected chi connectivity index (χ1v) is 6.21. The Kier molecular flexibility index (Phi) is 3.45. The molecule has 3 amide bonds. The second kappa shape index (κ2) is 4.59. The molecule has 0 bridgehead atoms. The van der Waals surface area contributed by atoms with Gasteiger partial charge in [0.1, 0.15) is 5.54 Å². The first-order valence-electron chi connectivity index (χ1n) is 6.21. The van der Waals surface area contributed by atoms with Gasteiger partial charge in [-0.2, -0.15) is 13.2 Å². The van der Waals surface area contributed by atoms with Gasteiger partial charge in [-0.25, -0.2) is 4.79 Å². The van der Waals surface area contributed by atoms with Crippen LogP contribution in [0.2, 0.25) is 0 Å². The molecular formula is C11H16F3N3O3. The second-order valence-electron chi connectivity index (χ2n) is 5.58. The Morgan fingerprint density at radius 3 is 2.55 bits per heavy atom. The topological polar surface area (TPSA) is 81.7 Å². The Balaban J connectivity index is 2.09. The zero-order valence-corrected chi connectivity index (χ0v) is 10.9. The highest BCUT2D eigenvalue weighted by atomic mass is 19.4. The van der Waals surface area contributed by atoms with Gasteiger partial charge in [0.05, 0.1) is 0 Å². The lowest BCUT2D eigenvalue weighted by molar-refractivity contribution is -0.258. The number of hydrogen-bond donors (Lipinski definition) is 3. The molecule has 0 radical (unpaired) electrons. The van der Waals surface area contributed by atoms with E-state index in [4.69, 9.17) is 0 Å². The maximum absolute atomic E-state index is 12.7. The number of halogens is 3. The smallest absolute Gasteiger partial charge is 0.380 e. The van der Waals surface area contributed by atoms with E-state index in [-0.39, 0.29) is 6.54 Å². The SMILES string of the molecule is CC(O)(CN1CCCC2(C1)NC(=O)NC2=O)C(F)(F)F. The molecule has 0 aromatic rings. The molecule has 2 unspecified atom stereocenters. The van der Waals surface area contributed by atoms with Crippen LogP contribution in [0.3, 0.4) is 0 Å². The Bertz CT molecular complexity index is 438. The van der Waals surface area contributed by atoms with Crippen LogP contribution < -0.4 is 10.6 Å². The van der Waals surface area contributed by atoms with Gasteiger partial charge in [0, 0.05) is 13.1 Å². The van der Waals surface area contributed by atoms with E-state index in [1.165, 1.54) is 4.90 Å². The van der Waals surface area contributed by atoms with Crippen LogP contribution in [0, 0.1) is 0 Å². The van der Waals surface area contributed by atoms with E-state index in [0.717, 1.165) is 0 Å². The van der Waals surface area contributed by atoms with Crippen molar-refractivity contribution < 1.29 is 27.9 Å². The third-order valence-electron chi connectivity index (χ3n) is 3.73. The minimum Gasteiger partial charge on any atom is -0.380 e. The minimum absolute atomic E-state index is 0.0448. The minimum atomic E-state index is -4.75. The molecule has 20 heavy (non-hydrogen) atoms. The molecule has 0 aromatic carbocycles. The van der Waals surface area contributed by atoms with Gasteiger partial charge >= 0.3 is 12.2 Å². The van der Waals surface area contributed by atoms with Gasteiger partial charge in [0.15, 0.2) is 5.60 Å². The number of carbonyl (C=O) groups excluding carboxylic acids is 2. The molecule has 6 nitrogen and oxygen atoms in total. The number of imide groups is 1. The van der Waals surface area contributed by atoms with Crippen molar-refractivity contribution in [1.29, 1.82) is 0 Å². The Hall–Kier alpha value is -1.35. The van der Waals surface area contributed by atoms with Crippen LogP contribution in [0.5, 0.6) is 0 Å². The number of alkyl halides is 3. The number of amides is 3. The summed E-state index contributed by atoms with van der Waals surface area (Å²) in [6.45, 7) is 0.344. The number of piperidine rings is 1. The molecule has 0 aliphatic carbocycles. The van der Waals surface area contributed by atoms with E-state index in [1.54, 1.807) is 0 Å². The lowest BCUT2D eigenvalue weighted by Crippen LogP contribution is -2.62. The van der Waals surface area contributed by atoms with Crippen LogP contribution >= 0.6 is 0 Å². The number of rotatable bonds is 2. The number of aliphatic hydroxyl groups is 1. The Morgan fingerprint density at radius 1 is 1.40 bits per heavy atom. The van der Waals surface area contributed by atoms with Crippen molar-refractivity contribution in [3.8, 4) is 0 Å². The third-order valence-corrected chi connectivity index (χ3v) is 3.73. The van der Waals surface area contributed by atoms with E-state index < -0.39 is 35.8 Å². The quantitative estimate of drug-likeness (QED) is 0.625. The third kappa shape index (κ3) is 2.59. The van der Waals surface area contributed by atoms with Gasteiger partial charge in [-0.1, -0.05) is 0 Å². The highest BCUT2D eigenvalue weighted by Crippen LogP contribution is 2.32. The number of nitrogens with zero attached hydrogens (tertiary/aromatic N) is 1. The van der Waals surface area contributed by atoms with E-state index >= 15 is 0 Å². The van der Waals surface area contributed by atoms with Crippen molar-refractivity contribution in [2.45, 2.75) is 37.1 Å². The van der Waals surface area contributed by atoms with Crippen molar-refractivity contribution in [2.75, 3.05) is 19.6 Å². The Labute approximate surface area is 113 Å². The van der Waals surface area contributed by atoms with E-state index in [9.17, 15) is 27.9 Å². The zero-order chi connectivity index (χ0) is 15.2. The van der Waals surface area contributed by atoms with E-state index in [2.05, 4.69) is 10.6 Å². The summed E-state index contributed by atoms with van der Waals surface area (Å²) in [6.07, 6.45) is -3.92. The molecule has 2 fully saturated rings. The van der Waals surface area contributed by atoms with Crippen molar-refractivity contribution in [2.24, 2.45) is 0 Å². The van der Waals surface area contributed by atoms with Crippen molar-refractivity contribution >= 4 is 11.9 Å². The average molecular weight is 295 g/mol. The summed E-state index contributed by atoms with van der Waals surface area (Å²) in [4.78, 5) is 24.3. The summed E-state index contributed by atoms with van der Waals surface area (Å²) in [5.41, 5.74) is -4.04. The molecule has 2 heterocycles. The highest BCUT2D eigenvalue weighted by molar-refractivity contribution is 6.07. The van der Waals surface area contributed by atoms with Crippen LogP contribution in [0.25, 0.3) is 0 Å². The molecular weight excluding hydrogens is 279 g/mol. The second-order valence-corrected chi connectivity index (χ2v) is 5.58. The van der Waals surface area contributed by atoms with Gasteiger partial charge in [0.25, 0.3) is 5.91 Å². The normalized spacial score (nSPS) is 31.1. The largest absolute Gasteiger partial charge is 0.418 e. The summed E-state index contributed by atoms with van der Waals surface area (Å²) in [5, 5.41) is 14.1. The number of urea groups is 1. The van der Waals surface area contributed by atoms with Crippen LogP contribution in [0.4, 0.5) is 18.0 Å². The van der Waals surface area contributed by atoms with Crippen LogP contribution in [-0.4, -0.2) is 58.9 Å². The monoisotopic (exact) mass is 295 g/mol. The summed E-state index contributed by atoms with van der Waals surface area (Å²) in [6, 6.07) is -0.639. The lowest BCUT2D eigenvalue weighted by atomic mass is 9.88. The molecule has 1 spiro atoms. The molecule has 2 atom stereocenters. The Morgan fingerprint density at radius 2 is 2.05 bits per heavy atom. The molecule has 2 aliphatic heterocycles. The fraction of sp³-hybridized carbons (Fsp3) is 0.818. The fourth-order valence-electron chi connectivity index (χ4n) is 2.62. The van der Waals surface area contributed by atoms with Crippen molar-refractivity contribution in [1.82, 2.24) is 15.5 Å². The predicted molar refractivity (Wildman–Crippen MR) is 61.8 cm³/mol. The zero-order valence-electron chi connectivity index (χ0n) is 10.9. The van der Waals surface area contributed by atoms with Gasteiger partial charge in [-0.3, -0.25) is 15.0 Å². The van der Waals surface area contributed by atoms with Gasteiger partial charge in [-0.05, 0) is 26.3 Å². The maximum Gasteiger partial charge on any atom is 0.418 e. The van der Waals surface area contributed by atoms with Crippen LogP contribution in [0.15, 0.2) is 0 Å². The van der Waals surface area contributed by atoms with E-state index in [1.807, 2.05) is 0 Å². The number of nitrogens with one attached hydrogen (secondary N) is 2. The highest BCUT2D eigenvalue weighted by Gasteiger charge is 2.53. The molecule has 0 saturated carbocycles. The number of hydrogen-bond acceptors (Lipinski definition) is 4. The number of likely N-dealkylation sites (tertiary alicyclic amines) is 1. The molecule has 2 rings (SSSR count). The molecule has 2 aliphatic rings. The summed E-state index contributed by atoms with van der Waals surface area (Å²) >= 11 is 0. The first-order chi connectivity index (χ1) is 9.06. The standard InChI is InChI=1S/C11H16F3N3O3/c1-9(20,11(12,13)14)5-17-4-2-3-10(6-17)7(18)15-8(19)16-10/h20H,2-6H2,1H3,(H2,15,16,18,19). The fourth-order valence-corrected chi connectivity index (χ4v) is 2.62.